The Kier molecular flexibility index (Phi) is 6.10. The molecular weight excluding hydrogens is 452 g/mol. The van der Waals surface area contributed by atoms with Crippen molar-refractivity contribution >= 4 is 11.0 Å². The Morgan fingerprint density at radius 1 is 0.757 bits per heavy atom. The van der Waals surface area contributed by atoms with Gasteiger partial charge in [-0.2, -0.15) is 0 Å². The predicted octanol–water partition coefficient (Wildman–Crippen LogP) is 6.43. The fourth-order valence-corrected chi connectivity index (χ4v) is 7.85. The van der Waals surface area contributed by atoms with Crippen LogP contribution in [0.4, 0.5) is 0 Å². The Bertz CT molecular complexity index is 1330. The van der Waals surface area contributed by atoms with Gasteiger partial charge in [-0.15, -0.1) is 0 Å². The topological polar surface area (TPSA) is 24.3 Å². The van der Waals surface area contributed by atoms with Crippen molar-refractivity contribution < 1.29 is 0 Å². The maximum Gasteiger partial charge on any atom is 0.106 e. The highest BCUT2D eigenvalue weighted by atomic mass is 15.3. The number of hydrogen-bond donors (Lipinski definition) is 0. The summed E-state index contributed by atoms with van der Waals surface area (Å²) in [4.78, 5) is 10.5. The second-order valence-electron chi connectivity index (χ2n) is 11.7. The molecule has 3 saturated heterocycles. The highest BCUT2D eigenvalue weighted by Crippen LogP contribution is 2.44. The van der Waals surface area contributed by atoms with Gasteiger partial charge < -0.3 is 4.57 Å². The third kappa shape index (κ3) is 4.41. The van der Waals surface area contributed by atoms with E-state index in [0.29, 0.717) is 30.0 Å². The number of benzene rings is 3. The highest BCUT2D eigenvalue weighted by Gasteiger charge is 2.44. The summed E-state index contributed by atoms with van der Waals surface area (Å²) in [6, 6.07) is 33.0. The molecule has 0 radical (unpaired) electrons. The maximum atomic E-state index is 4.89. The highest BCUT2D eigenvalue weighted by molar-refractivity contribution is 5.76. The molecule has 0 saturated carbocycles. The SMILES string of the molecule is Cc1nc2ccccc2n1C1CC2CC[C@@H](C1)N2C[C@H]1CN(Cc2ccccc2)C[C@@H]1c1ccccc1. The van der Waals surface area contributed by atoms with E-state index in [-0.39, 0.29) is 0 Å². The molecule has 0 spiro atoms. The Balaban J connectivity index is 1.10. The molecule has 2 unspecified atom stereocenters. The number of piperidine rings is 1. The number of likely N-dealkylation sites (tertiary alicyclic amines) is 1. The van der Waals surface area contributed by atoms with Gasteiger partial charge in [0, 0.05) is 50.2 Å². The normalized spacial score (nSPS) is 28.3. The van der Waals surface area contributed by atoms with Crippen LogP contribution in [0.15, 0.2) is 84.9 Å². The van der Waals surface area contributed by atoms with E-state index in [0.717, 1.165) is 18.6 Å². The number of nitrogens with zero attached hydrogens (tertiary/aromatic N) is 4. The van der Waals surface area contributed by atoms with E-state index in [1.807, 2.05) is 0 Å². The van der Waals surface area contributed by atoms with E-state index >= 15 is 0 Å². The minimum Gasteiger partial charge on any atom is -0.325 e. The molecule has 0 aliphatic carbocycles. The van der Waals surface area contributed by atoms with E-state index < -0.39 is 0 Å². The number of aryl methyl sites for hydroxylation is 1. The van der Waals surface area contributed by atoms with Crippen LogP contribution in [0.5, 0.6) is 0 Å². The fourth-order valence-electron chi connectivity index (χ4n) is 7.85. The average molecular weight is 491 g/mol. The maximum absolute atomic E-state index is 4.89. The van der Waals surface area contributed by atoms with Gasteiger partial charge in [0.15, 0.2) is 0 Å². The summed E-state index contributed by atoms with van der Waals surface area (Å²) in [7, 11) is 0. The van der Waals surface area contributed by atoms with Gasteiger partial charge in [-0.3, -0.25) is 9.80 Å². The van der Waals surface area contributed by atoms with Gasteiger partial charge in [0.2, 0.25) is 0 Å². The summed E-state index contributed by atoms with van der Waals surface area (Å²) >= 11 is 0. The summed E-state index contributed by atoms with van der Waals surface area (Å²) in [5, 5.41) is 0. The first-order valence-corrected chi connectivity index (χ1v) is 14.2. The number of aromatic nitrogens is 2. The van der Waals surface area contributed by atoms with Gasteiger partial charge in [0.25, 0.3) is 0 Å². The molecule has 3 fully saturated rings. The van der Waals surface area contributed by atoms with Gasteiger partial charge in [0.1, 0.15) is 5.82 Å². The summed E-state index contributed by atoms with van der Waals surface area (Å²) in [5.74, 6) is 2.47. The molecule has 3 aliphatic heterocycles. The van der Waals surface area contributed by atoms with Crippen molar-refractivity contribution in [2.45, 2.75) is 63.2 Å². The van der Waals surface area contributed by atoms with Crippen LogP contribution < -0.4 is 0 Å². The van der Waals surface area contributed by atoms with Crippen LogP contribution in [-0.4, -0.2) is 51.1 Å². The number of para-hydroxylation sites is 2. The van der Waals surface area contributed by atoms with Gasteiger partial charge in [-0.1, -0.05) is 72.8 Å². The third-order valence-electron chi connectivity index (χ3n) is 9.44. The van der Waals surface area contributed by atoms with Crippen LogP contribution in [0, 0.1) is 12.8 Å². The van der Waals surface area contributed by atoms with Crippen molar-refractivity contribution in [2.24, 2.45) is 5.92 Å². The molecular formula is C33H38N4. The number of imidazole rings is 1. The van der Waals surface area contributed by atoms with Crippen LogP contribution in [0.3, 0.4) is 0 Å². The molecule has 5 atom stereocenters. The van der Waals surface area contributed by atoms with Crippen LogP contribution in [0.2, 0.25) is 0 Å². The third-order valence-corrected chi connectivity index (χ3v) is 9.44. The smallest absolute Gasteiger partial charge is 0.106 e. The lowest BCUT2D eigenvalue weighted by atomic mass is 9.87. The van der Waals surface area contributed by atoms with Crippen LogP contribution in [0.25, 0.3) is 11.0 Å². The van der Waals surface area contributed by atoms with Crippen LogP contribution in [0.1, 0.15) is 54.6 Å². The standard InChI is InChI=1S/C33H38N4/c1-24-34-32-14-8-9-15-33(32)37(24)30-18-28-16-17-29(19-30)36(28)22-27-21-35(20-25-10-4-2-5-11-25)23-31(27)26-12-6-3-7-13-26/h2-15,27-31H,16-23H2,1H3/t27-,28+,29?,30?,31-/m1/s1. The zero-order valence-electron chi connectivity index (χ0n) is 21.9. The molecule has 4 aromatic rings. The van der Waals surface area contributed by atoms with Crippen molar-refractivity contribution in [3.63, 3.8) is 0 Å². The molecule has 3 aromatic carbocycles. The first kappa shape index (κ1) is 23.2. The van der Waals surface area contributed by atoms with E-state index in [2.05, 4.69) is 106 Å². The van der Waals surface area contributed by atoms with Gasteiger partial charge in [-0.05, 0) is 61.8 Å². The molecule has 190 valence electrons. The van der Waals surface area contributed by atoms with E-state index in [1.54, 1.807) is 0 Å². The quantitative estimate of drug-likeness (QED) is 0.311. The minimum atomic E-state index is 0.573. The van der Waals surface area contributed by atoms with Crippen LogP contribution in [-0.2, 0) is 6.54 Å². The lowest BCUT2D eigenvalue weighted by Crippen LogP contribution is -2.46. The van der Waals surface area contributed by atoms with Crippen molar-refractivity contribution in [3.05, 3.63) is 102 Å². The molecule has 3 aliphatic rings. The first-order valence-electron chi connectivity index (χ1n) is 14.2. The van der Waals surface area contributed by atoms with E-state index in [4.69, 9.17) is 4.98 Å². The summed E-state index contributed by atoms with van der Waals surface area (Å²) in [6.07, 6.45) is 5.22. The average Bonchev–Trinajstić information content (AvgIpc) is 3.55. The molecule has 4 heteroatoms. The molecule has 37 heavy (non-hydrogen) atoms. The number of fused-ring (bicyclic) bond motifs is 3. The zero-order valence-corrected chi connectivity index (χ0v) is 21.9. The van der Waals surface area contributed by atoms with E-state index in [9.17, 15) is 0 Å². The lowest BCUT2D eigenvalue weighted by molar-refractivity contribution is 0.0876. The monoisotopic (exact) mass is 490 g/mol. The van der Waals surface area contributed by atoms with Crippen molar-refractivity contribution in [3.8, 4) is 0 Å². The Hall–Kier alpha value is -2.95. The van der Waals surface area contributed by atoms with Gasteiger partial charge in [0.05, 0.1) is 11.0 Å². The van der Waals surface area contributed by atoms with Crippen molar-refractivity contribution in [2.75, 3.05) is 19.6 Å². The predicted molar refractivity (Wildman–Crippen MR) is 151 cm³/mol. The summed E-state index contributed by atoms with van der Waals surface area (Å²) in [5.41, 5.74) is 5.41. The molecule has 7 rings (SSSR count). The van der Waals surface area contributed by atoms with E-state index in [1.165, 1.54) is 61.2 Å². The lowest BCUT2D eigenvalue weighted by Gasteiger charge is -2.41. The molecule has 0 N–H and O–H groups in total. The second kappa shape index (κ2) is 9.74. The van der Waals surface area contributed by atoms with Crippen molar-refractivity contribution in [1.82, 2.24) is 19.4 Å². The molecule has 4 nitrogen and oxygen atoms in total. The molecule has 4 heterocycles. The number of hydrogen-bond acceptors (Lipinski definition) is 3. The van der Waals surface area contributed by atoms with Gasteiger partial charge >= 0.3 is 0 Å². The Morgan fingerprint density at radius 3 is 2.19 bits per heavy atom. The van der Waals surface area contributed by atoms with Crippen molar-refractivity contribution in [1.29, 1.82) is 0 Å². The first-order chi connectivity index (χ1) is 18.2. The van der Waals surface area contributed by atoms with Gasteiger partial charge in [-0.25, -0.2) is 4.98 Å². The van der Waals surface area contributed by atoms with Crippen LogP contribution >= 0.6 is 0 Å². The zero-order chi connectivity index (χ0) is 24.8. The fraction of sp³-hybridized carbons (Fsp3) is 0.424. The minimum absolute atomic E-state index is 0.573. The number of rotatable bonds is 6. The summed E-state index contributed by atoms with van der Waals surface area (Å²) in [6.45, 7) is 6.84. The molecule has 1 aromatic heterocycles. The molecule has 0 amide bonds. The Labute approximate surface area is 220 Å². The molecule has 2 bridgehead atoms. The second-order valence-corrected chi connectivity index (χ2v) is 11.7. The summed E-state index contributed by atoms with van der Waals surface area (Å²) < 4.78 is 2.56. The largest absolute Gasteiger partial charge is 0.325 e. The Morgan fingerprint density at radius 2 is 1.43 bits per heavy atom.